The van der Waals surface area contributed by atoms with E-state index in [1.54, 1.807) is 7.11 Å². The van der Waals surface area contributed by atoms with Crippen LogP contribution in [0.3, 0.4) is 0 Å². The summed E-state index contributed by atoms with van der Waals surface area (Å²) in [6.07, 6.45) is 0. The lowest BCUT2D eigenvalue weighted by molar-refractivity contribution is 0.416. The van der Waals surface area contributed by atoms with Gasteiger partial charge in [-0.25, -0.2) is 0 Å². The van der Waals surface area contributed by atoms with Gasteiger partial charge in [-0.15, -0.1) is 0 Å². The van der Waals surface area contributed by atoms with E-state index < -0.39 is 0 Å². The van der Waals surface area contributed by atoms with Crippen molar-refractivity contribution in [1.82, 2.24) is 0 Å². The lowest BCUT2D eigenvalue weighted by atomic mass is 10.0. The third-order valence-electron chi connectivity index (χ3n) is 3.54. The van der Waals surface area contributed by atoms with Crippen LogP contribution in [0.1, 0.15) is 22.3 Å². The van der Waals surface area contributed by atoms with Crippen LogP contribution in [0.4, 0.5) is 5.69 Å². The summed E-state index contributed by atoms with van der Waals surface area (Å²) in [4.78, 5) is 0. The van der Waals surface area contributed by atoms with Crippen LogP contribution in [-0.2, 0) is 6.54 Å². The van der Waals surface area contributed by atoms with Gasteiger partial charge in [-0.05, 0) is 55.2 Å². The second kappa shape index (κ2) is 5.79. The molecule has 0 fully saturated rings. The molecule has 2 aromatic rings. The second-order valence-electron chi connectivity index (χ2n) is 4.92. The third-order valence-corrected chi connectivity index (χ3v) is 3.54. The van der Waals surface area contributed by atoms with Crippen LogP contribution in [-0.4, -0.2) is 7.11 Å². The minimum absolute atomic E-state index is 0.812. The van der Waals surface area contributed by atoms with Crippen LogP contribution < -0.4 is 10.1 Å². The van der Waals surface area contributed by atoms with Crippen molar-refractivity contribution in [2.45, 2.75) is 27.3 Å². The molecule has 0 radical (unpaired) electrons. The molecular weight excluding hydrogens is 234 g/mol. The summed E-state index contributed by atoms with van der Waals surface area (Å²) in [6, 6.07) is 12.6. The van der Waals surface area contributed by atoms with E-state index in [9.17, 15) is 0 Å². The lowest BCUT2D eigenvalue weighted by Crippen LogP contribution is -2.03. The maximum atomic E-state index is 5.41. The van der Waals surface area contributed by atoms with E-state index in [1.165, 1.54) is 22.3 Å². The molecule has 0 heterocycles. The van der Waals surface area contributed by atoms with E-state index >= 15 is 0 Å². The average molecular weight is 255 g/mol. The van der Waals surface area contributed by atoms with Gasteiger partial charge in [-0.1, -0.05) is 24.3 Å². The van der Waals surface area contributed by atoms with Crippen LogP contribution in [0.25, 0.3) is 0 Å². The molecule has 2 aromatic carbocycles. The predicted molar refractivity (Wildman–Crippen MR) is 81.0 cm³/mol. The van der Waals surface area contributed by atoms with E-state index in [1.807, 2.05) is 6.07 Å². The molecule has 0 spiro atoms. The molecule has 0 aliphatic heterocycles. The smallest absolute Gasteiger partial charge is 0.142 e. The molecule has 0 saturated carbocycles. The van der Waals surface area contributed by atoms with Gasteiger partial charge in [-0.2, -0.15) is 0 Å². The van der Waals surface area contributed by atoms with Crippen LogP contribution in [0.2, 0.25) is 0 Å². The Morgan fingerprint density at radius 2 is 1.84 bits per heavy atom. The molecule has 19 heavy (non-hydrogen) atoms. The van der Waals surface area contributed by atoms with Crippen molar-refractivity contribution in [2.75, 3.05) is 12.4 Å². The highest BCUT2D eigenvalue weighted by molar-refractivity contribution is 5.58. The molecule has 0 unspecified atom stereocenters. The summed E-state index contributed by atoms with van der Waals surface area (Å²) in [5.74, 6) is 0.894. The first-order valence-corrected chi connectivity index (χ1v) is 6.55. The minimum atomic E-state index is 0.812. The molecule has 2 nitrogen and oxygen atoms in total. The average Bonchev–Trinajstić information content (AvgIpc) is 2.41. The first-order chi connectivity index (χ1) is 9.11. The number of anilines is 1. The molecule has 100 valence electrons. The molecule has 0 aliphatic carbocycles. The number of methoxy groups -OCH3 is 1. The third kappa shape index (κ3) is 3.08. The molecule has 0 amide bonds. The number of aryl methyl sites for hydroxylation is 2. The predicted octanol–water partition coefficient (Wildman–Crippen LogP) is 4.23. The van der Waals surface area contributed by atoms with Crippen LogP contribution in [0.5, 0.6) is 5.75 Å². The summed E-state index contributed by atoms with van der Waals surface area (Å²) in [7, 11) is 1.71. The Morgan fingerprint density at radius 1 is 1.05 bits per heavy atom. The van der Waals surface area contributed by atoms with E-state index in [0.717, 1.165) is 18.0 Å². The fraction of sp³-hybridized carbons (Fsp3) is 0.294. The van der Waals surface area contributed by atoms with E-state index in [2.05, 4.69) is 56.4 Å². The van der Waals surface area contributed by atoms with Gasteiger partial charge >= 0.3 is 0 Å². The minimum Gasteiger partial charge on any atom is -0.495 e. The highest BCUT2D eigenvalue weighted by Gasteiger charge is 2.04. The van der Waals surface area contributed by atoms with Crippen LogP contribution in [0, 0.1) is 20.8 Å². The summed E-state index contributed by atoms with van der Waals surface area (Å²) in [6.45, 7) is 7.19. The first-order valence-electron chi connectivity index (χ1n) is 6.55. The lowest BCUT2D eigenvalue weighted by Gasteiger charge is -2.14. The Labute approximate surface area is 115 Å². The molecule has 2 heteroatoms. The van der Waals surface area contributed by atoms with Gasteiger partial charge in [0, 0.05) is 6.54 Å². The SMILES string of the molecule is COc1cc(C)ccc1NCc1cccc(C)c1C. The molecule has 2 rings (SSSR count). The Morgan fingerprint density at radius 3 is 2.58 bits per heavy atom. The van der Waals surface area contributed by atoms with Crippen LogP contribution in [0.15, 0.2) is 36.4 Å². The Bertz CT molecular complexity index is 575. The van der Waals surface area contributed by atoms with Gasteiger partial charge in [-0.3, -0.25) is 0 Å². The molecule has 0 atom stereocenters. The molecule has 0 aromatic heterocycles. The van der Waals surface area contributed by atoms with Crippen molar-refractivity contribution < 1.29 is 4.74 Å². The summed E-state index contributed by atoms with van der Waals surface area (Å²) in [5, 5.41) is 3.45. The van der Waals surface area contributed by atoms with E-state index in [4.69, 9.17) is 4.74 Å². The van der Waals surface area contributed by atoms with E-state index in [0.29, 0.717) is 0 Å². The van der Waals surface area contributed by atoms with Gasteiger partial charge in [0.25, 0.3) is 0 Å². The molecule has 0 bridgehead atoms. The van der Waals surface area contributed by atoms with Crippen LogP contribution >= 0.6 is 0 Å². The Hall–Kier alpha value is -1.96. The monoisotopic (exact) mass is 255 g/mol. The maximum Gasteiger partial charge on any atom is 0.142 e. The van der Waals surface area contributed by atoms with Gasteiger partial charge in [0.15, 0.2) is 0 Å². The molecular formula is C17H21NO. The first kappa shape index (κ1) is 13.5. The molecule has 0 saturated heterocycles. The van der Waals surface area contributed by atoms with Crippen molar-refractivity contribution in [2.24, 2.45) is 0 Å². The van der Waals surface area contributed by atoms with Gasteiger partial charge < -0.3 is 10.1 Å². The standard InChI is InChI=1S/C17H21NO/c1-12-8-9-16(17(10-12)19-4)18-11-15-7-5-6-13(2)14(15)3/h5-10,18H,11H2,1-4H3. The molecule has 1 N–H and O–H groups in total. The summed E-state index contributed by atoms with van der Waals surface area (Å²) < 4.78 is 5.41. The number of nitrogens with one attached hydrogen (secondary N) is 1. The summed E-state index contributed by atoms with van der Waals surface area (Å²) >= 11 is 0. The number of rotatable bonds is 4. The fourth-order valence-electron chi connectivity index (χ4n) is 2.14. The largest absolute Gasteiger partial charge is 0.495 e. The van der Waals surface area contributed by atoms with Crippen molar-refractivity contribution in [1.29, 1.82) is 0 Å². The van der Waals surface area contributed by atoms with Crippen molar-refractivity contribution in [3.8, 4) is 5.75 Å². The zero-order chi connectivity index (χ0) is 13.8. The molecule has 0 aliphatic rings. The number of hydrogen-bond acceptors (Lipinski definition) is 2. The second-order valence-corrected chi connectivity index (χ2v) is 4.92. The van der Waals surface area contributed by atoms with Gasteiger partial charge in [0.1, 0.15) is 5.75 Å². The van der Waals surface area contributed by atoms with E-state index in [-0.39, 0.29) is 0 Å². The van der Waals surface area contributed by atoms with Gasteiger partial charge in [0.2, 0.25) is 0 Å². The number of hydrogen-bond donors (Lipinski definition) is 1. The van der Waals surface area contributed by atoms with Crippen molar-refractivity contribution >= 4 is 5.69 Å². The zero-order valence-corrected chi connectivity index (χ0v) is 12.1. The Balaban J connectivity index is 2.17. The van der Waals surface area contributed by atoms with Crippen molar-refractivity contribution in [3.63, 3.8) is 0 Å². The van der Waals surface area contributed by atoms with Crippen molar-refractivity contribution in [3.05, 3.63) is 58.7 Å². The Kier molecular flexibility index (Phi) is 4.10. The highest BCUT2D eigenvalue weighted by Crippen LogP contribution is 2.26. The number of benzene rings is 2. The fourth-order valence-corrected chi connectivity index (χ4v) is 2.14. The quantitative estimate of drug-likeness (QED) is 0.882. The summed E-state index contributed by atoms with van der Waals surface area (Å²) in [5.41, 5.74) is 6.24. The normalized spacial score (nSPS) is 10.3. The highest BCUT2D eigenvalue weighted by atomic mass is 16.5. The zero-order valence-electron chi connectivity index (χ0n) is 12.1. The van der Waals surface area contributed by atoms with Gasteiger partial charge in [0.05, 0.1) is 12.8 Å². The number of ether oxygens (including phenoxy) is 1. The maximum absolute atomic E-state index is 5.41. The topological polar surface area (TPSA) is 21.3 Å².